The topological polar surface area (TPSA) is 72.5 Å². The van der Waals surface area contributed by atoms with Crippen molar-refractivity contribution in [1.29, 1.82) is 0 Å². The maximum atomic E-state index is 13.2. The van der Waals surface area contributed by atoms with E-state index in [0.717, 1.165) is 22.5 Å². The van der Waals surface area contributed by atoms with Crippen molar-refractivity contribution in [2.45, 2.75) is 18.7 Å². The van der Waals surface area contributed by atoms with Gasteiger partial charge in [-0.3, -0.25) is 4.72 Å². The number of thiophene rings is 1. The number of methoxy groups -OCH3 is 1. The zero-order valence-electron chi connectivity index (χ0n) is 15.4. The second-order valence-corrected chi connectivity index (χ2v) is 9.16. The molecule has 0 saturated heterocycles. The number of carbonyl (C=O) groups excluding carboxylic acids is 1. The average molecular weight is 436 g/mol. The molecule has 0 atom stereocenters. The number of rotatable bonds is 5. The number of ether oxygens (including phenoxy) is 1. The van der Waals surface area contributed by atoms with Crippen molar-refractivity contribution in [2.75, 3.05) is 11.8 Å². The van der Waals surface area contributed by atoms with Gasteiger partial charge in [0.15, 0.2) is 0 Å². The molecule has 1 N–H and O–H groups in total. The predicted molar refractivity (Wildman–Crippen MR) is 113 cm³/mol. The highest BCUT2D eigenvalue weighted by Crippen LogP contribution is 2.37. The van der Waals surface area contributed by atoms with Crippen molar-refractivity contribution in [3.05, 3.63) is 68.9 Å². The molecule has 3 aromatic rings. The standard InChI is InChI=1S/C20H18ClNO4S2/c1-12-4-7-14(8-5-12)15-11-27-18(20(23)26-3)19(15)28(24,25)22-17-9-6-13(2)10-16(17)21/h4-11,22H,1-3H3. The van der Waals surface area contributed by atoms with Crippen LogP contribution in [-0.4, -0.2) is 21.5 Å². The number of carbonyl (C=O) groups is 1. The number of aryl methyl sites for hydroxylation is 2. The third-order valence-corrected chi connectivity index (χ3v) is 6.97. The van der Waals surface area contributed by atoms with Gasteiger partial charge >= 0.3 is 5.97 Å². The van der Waals surface area contributed by atoms with Crippen LogP contribution in [0.15, 0.2) is 52.7 Å². The maximum absolute atomic E-state index is 13.2. The smallest absolute Gasteiger partial charge is 0.349 e. The van der Waals surface area contributed by atoms with Crippen LogP contribution in [0, 0.1) is 13.8 Å². The molecule has 28 heavy (non-hydrogen) atoms. The number of sulfonamides is 1. The Morgan fingerprint density at radius 3 is 2.32 bits per heavy atom. The lowest BCUT2D eigenvalue weighted by atomic mass is 10.1. The molecule has 2 aromatic carbocycles. The van der Waals surface area contributed by atoms with Gasteiger partial charge in [-0.2, -0.15) is 0 Å². The molecule has 0 aliphatic heterocycles. The molecule has 1 heterocycles. The first-order valence-electron chi connectivity index (χ1n) is 8.28. The SMILES string of the molecule is COC(=O)c1scc(-c2ccc(C)cc2)c1S(=O)(=O)Nc1ccc(C)cc1Cl. The van der Waals surface area contributed by atoms with E-state index in [1.807, 2.05) is 38.1 Å². The molecule has 0 saturated carbocycles. The average Bonchev–Trinajstić information content (AvgIpc) is 3.10. The molecule has 0 spiro atoms. The Hall–Kier alpha value is -2.35. The van der Waals surface area contributed by atoms with Crippen LogP contribution >= 0.6 is 22.9 Å². The lowest BCUT2D eigenvalue weighted by molar-refractivity contribution is 0.0602. The monoisotopic (exact) mass is 435 g/mol. The van der Waals surface area contributed by atoms with Gasteiger partial charge in [0, 0.05) is 10.9 Å². The molecule has 0 aliphatic carbocycles. The summed E-state index contributed by atoms with van der Waals surface area (Å²) in [7, 11) is -2.89. The van der Waals surface area contributed by atoms with E-state index in [2.05, 4.69) is 4.72 Å². The van der Waals surface area contributed by atoms with E-state index in [4.69, 9.17) is 16.3 Å². The van der Waals surface area contributed by atoms with Gasteiger partial charge in [-0.05, 0) is 37.1 Å². The third-order valence-electron chi connectivity index (χ3n) is 4.12. The number of esters is 1. The van der Waals surface area contributed by atoms with Gasteiger partial charge in [-0.1, -0.05) is 47.5 Å². The Morgan fingerprint density at radius 2 is 1.71 bits per heavy atom. The molecule has 0 bridgehead atoms. The summed E-state index contributed by atoms with van der Waals surface area (Å²) in [4.78, 5) is 12.1. The van der Waals surface area contributed by atoms with E-state index in [1.165, 1.54) is 7.11 Å². The fourth-order valence-corrected chi connectivity index (χ4v) is 5.81. The van der Waals surface area contributed by atoms with Crippen LogP contribution in [0.2, 0.25) is 5.02 Å². The van der Waals surface area contributed by atoms with E-state index in [-0.39, 0.29) is 20.5 Å². The van der Waals surface area contributed by atoms with Crippen molar-refractivity contribution in [3.8, 4) is 11.1 Å². The van der Waals surface area contributed by atoms with Crippen molar-refractivity contribution in [1.82, 2.24) is 0 Å². The molecule has 3 rings (SSSR count). The lowest BCUT2D eigenvalue weighted by Gasteiger charge is -2.13. The first kappa shape index (κ1) is 20.4. The maximum Gasteiger partial charge on any atom is 0.349 e. The van der Waals surface area contributed by atoms with Crippen molar-refractivity contribution in [3.63, 3.8) is 0 Å². The minimum Gasteiger partial charge on any atom is -0.465 e. The first-order chi connectivity index (χ1) is 13.2. The molecular formula is C20H18ClNO4S2. The zero-order chi connectivity index (χ0) is 20.5. The van der Waals surface area contributed by atoms with Crippen molar-refractivity contribution >= 4 is 44.6 Å². The first-order valence-corrected chi connectivity index (χ1v) is 11.0. The summed E-state index contributed by atoms with van der Waals surface area (Å²) in [6.07, 6.45) is 0. The normalized spacial score (nSPS) is 11.3. The van der Waals surface area contributed by atoms with Crippen LogP contribution < -0.4 is 4.72 Å². The number of nitrogens with one attached hydrogen (secondary N) is 1. The lowest BCUT2D eigenvalue weighted by Crippen LogP contribution is -2.17. The molecule has 0 aliphatic rings. The molecule has 0 radical (unpaired) electrons. The summed E-state index contributed by atoms with van der Waals surface area (Å²) >= 11 is 7.21. The molecule has 146 valence electrons. The van der Waals surface area contributed by atoms with Gasteiger partial charge in [-0.15, -0.1) is 11.3 Å². The Bertz CT molecular complexity index is 1140. The number of benzene rings is 2. The van der Waals surface area contributed by atoms with Gasteiger partial charge in [0.25, 0.3) is 10.0 Å². The van der Waals surface area contributed by atoms with Gasteiger partial charge in [-0.25, -0.2) is 13.2 Å². The van der Waals surface area contributed by atoms with E-state index in [9.17, 15) is 13.2 Å². The Balaban J connectivity index is 2.15. The van der Waals surface area contributed by atoms with Crippen LogP contribution in [0.25, 0.3) is 11.1 Å². The summed E-state index contributed by atoms with van der Waals surface area (Å²) in [6.45, 7) is 3.80. The van der Waals surface area contributed by atoms with E-state index >= 15 is 0 Å². The Labute approximate surface area is 173 Å². The van der Waals surface area contributed by atoms with Crippen molar-refractivity contribution < 1.29 is 17.9 Å². The minimum atomic E-state index is -4.10. The number of anilines is 1. The second kappa shape index (κ2) is 7.95. The van der Waals surface area contributed by atoms with Gasteiger partial charge in [0.2, 0.25) is 0 Å². The zero-order valence-corrected chi connectivity index (χ0v) is 17.8. The van der Waals surface area contributed by atoms with E-state index < -0.39 is 16.0 Å². The summed E-state index contributed by atoms with van der Waals surface area (Å²) in [5.41, 5.74) is 3.30. The quantitative estimate of drug-likeness (QED) is 0.554. The van der Waals surface area contributed by atoms with Crippen molar-refractivity contribution in [2.24, 2.45) is 0 Å². The second-order valence-electron chi connectivity index (χ2n) is 6.25. The molecule has 0 fully saturated rings. The summed E-state index contributed by atoms with van der Waals surface area (Å²) in [5, 5.41) is 1.91. The Kier molecular flexibility index (Phi) is 5.79. The van der Waals surface area contributed by atoms with E-state index in [1.54, 1.807) is 23.6 Å². The van der Waals surface area contributed by atoms with Crippen LogP contribution in [0.5, 0.6) is 0 Å². The molecule has 0 amide bonds. The number of hydrogen-bond acceptors (Lipinski definition) is 5. The minimum absolute atomic E-state index is 0.00816. The van der Waals surface area contributed by atoms with Crippen LogP contribution in [0.3, 0.4) is 0 Å². The number of halogens is 1. The summed E-state index contributed by atoms with van der Waals surface area (Å²) in [5.74, 6) is -0.710. The number of hydrogen-bond donors (Lipinski definition) is 1. The summed E-state index contributed by atoms with van der Waals surface area (Å²) < 4.78 is 33.7. The Morgan fingerprint density at radius 1 is 1.07 bits per heavy atom. The van der Waals surface area contributed by atoms with E-state index in [0.29, 0.717) is 11.1 Å². The van der Waals surface area contributed by atoms with Gasteiger partial charge < -0.3 is 4.74 Å². The molecule has 0 unspecified atom stereocenters. The van der Waals surface area contributed by atoms with Gasteiger partial charge in [0.1, 0.15) is 9.77 Å². The fraction of sp³-hybridized carbons (Fsp3) is 0.150. The highest BCUT2D eigenvalue weighted by atomic mass is 35.5. The molecular weight excluding hydrogens is 418 g/mol. The molecule has 8 heteroatoms. The van der Waals surface area contributed by atoms with Gasteiger partial charge in [0.05, 0.1) is 17.8 Å². The van der Waals surface area contributed by atoms with Crippen LogP contribution in [0.1, 0.15) is 20.8 Å². The summed E-state index contributed by atoms with van der Waals surface area (Å²) in [6, 6.07) is 12.4. The predicted octanol–water partition coefficient (Wildman–Crippen LogP) is 5.27. The highest BCUT2D eigenvalue weighted by molar-refractivity contribution is 7.93. The van der Waals surface area contributed by atoms with Crippen LogP contribution in [-0.2, 0) is 14.8 Å². The third kappa shape index (κ3) is 4.06. The fourth-order valence-electron chi connectivity index (χ4n) is 2.68. The molecule has 1 aromatic heterocycles. The largest absolute Gasteiger partial charge is 0.465 e. The molecule has 5 nitrogen and oxygen atoms in total. The highest BCUT2D eigenvalue weighted by Gasteiger charge is 2.30. The van der Waals surface area contributed by atoms with Crippen LogP contribution in [0.4, 0.5) is 5.69 Å².